The average Bonchev–Trinajstić information content (AvgIpc) is 2.46. The van der Waals surface area contributed by atoms with Crippen LogP contribution in [0.4, 0.5) is 8.78 Å². The highest BCUT2D eigenvalue weighted by atomic mass is 79.9. The Morgan fingerprint density at radius 2 is 2.05 bits per heavy atom. The van der Waals surface area contributed by atoms with Gasteiger partial charge in [-0.05, 0) is 34.1 Å². The summed E-state index contributed by atoms with van der Waals surface area (Å²) in [5, 5.41) is 2.63. The summed E-state index contributed by atoms with van der Waals surface area (Å²) in [5.74, 6) is -0.302. The number of carbonyl (C=O) groups is 1. The molecule has 1 aromatic carbocycles. The molecule has 0 aliphatic heterocycles. The van der Waals surface area contributed by atoms with Gasteiger partial charge in [0.2, 0.25) is 0 Å². The molecule has 0 radical (unpaired) electrons. The maximum Gasteiger partial charge on any atom is 0.387 e. The van der Waals surface area contributed by atoms with Crippen molar-refractivity contribution in [2.45, 2.75) is 13.2 Å². The summed E-state index contributed by atoms with van der Waals surface area (Å²) in [6.45, 7) is -2.82. The van der Waals surface area contributed by atoms with Crippen LogP contribution in [0.25, 0.3) is 0 Å². The quantitative estimate of drug-likeness (QED) is 0.835. The predicted octanol–water partition coefficient (Wildman–Crippen LogP) is 3.38. The molecule has 2 rings (SSSR count). The van der Waals surface area contributed by atoms with Gasteiger partial charge in [-0.3, -0.25) is 4.79 Å². The zero-order valence-electron chi connectivity index (χ0n) is 10.7. The number of para-hydroxylation sites is 1. The van der Waals surface area contributed by atoms with E-state index in [-0.39, 0.29) is 18.2 Å². The lowest BCUT2D eigenvalue weighted by molar-refractivity contribution is -0.0504. The third-order valence-corrected chi connectivity index (χ3v) is 3.09. The fourth-order valence-corrected chi connectivity index (χ4v) is 1.88. The van der Waals surface area contributed by atoms with Gasteiger partial charge in [-0.15, -0.1) is 0 Å². The second-order valence-electron chi connectivity index (χ2n) is 4.04. The van der Waals surface area contributed by atoms with Crippen LogP contribution >= 0.6 is 15.9 Å². The van der Waals surface area contributed by atoms with Crippen molar-refractivity contribution in [2.75, 3.05) is 0 Å². The lowest BCUT2D eigenvalue weighted by atomic mass is 10.2. The summed E-state index contributed by atoms with van der Waals surface area (Å²) in [5.41, 5.74) is 0.849. The van der Waals surface area contributed by atoms with Gasteiger partial charge in [-0.2, -0.15) is 8.78 Å². The second kappa shape index (κ2) is 7.12. The van der Waals surface area contributed by atoms with E-state index in [0.717, 1.165) is 0 Å². The molecule has 4 nitrogen and oxygen atoms in total. The van der Waals surface area contributed by atoms with Crippen LogP contribution in [0.15, 0.2) is 47.2 Å². The summed E-state index contributed by atoms with van der Waals surface area (Å²) in [7, 11) is 0. The molecule has 0 aliphatic rings. The molecular weight excluding hydrogens is 346 g/mol. The van der Waals surface area contributed by atoms with Gasteiger partial charge in [0.25, 0.3) is 5.91 Å². The molecule has 1 amide bonds. The first kappa shape index (κ1) is 15.4. The summed E-state index contributed by atoms with van der Waals surface area (Å²) in [6, 6.07) is 9.55. The fraction of sp³-hybridized carbons (Fsp3) is 0.143. The first-order valence-electron chi connectivity index (χ1n) is 5.98. The molecule has 1 N–H and O–H groups in total. The number of benzene rings is 1. The number of aromatic nitrogens is 1. The van der Waals surface area contributed by atoms with Crippen LogP contribution in [-0.4, -0.2) is 17.5 Å². The number of nitrogens with one attached hydrogen (secondary N) is 1. The molecule has 21 heavy (non-hydrogen) atoms. The highest BCUT2D eigenvalue weighted by molar-refractivity contribution is 9.10. The largest absolute Gasteiger partial charge is 0.434 e. The van der Waals surface area contributed by atoms with Crippen molar-refractivity contribution in [1.82, 2.24) is 10.3 Å². The van der Waals surface area contributed by atoms with Gasteiger partial charge < -0.3 is 10.1 Å². The fourth-order valence-electron chi connectivity index (χ4n) is 1.65. The molecule has 0 unspecified atom stereocenters. The number of alkyl halides is 2. The maximum atomic E-state index is 12.3. The molecule has 0 aliphatic carbocycles. The molecule has 0 atom stereocenters. The Morgan fingerprint density at radius 1 is 1.29 bits per heavy atom. The maximum absolute atomic E-state index is 12.3. The SMILES string of the molecule is O=C(NCc1ccccc1OC(F)F)c1ccc(Br)nc1. The Bertz CT molecular complexity index is 621. The molecule has 0 saturated heterocycles. The Balaban J connectivity index is 2.02. The zero-order chi connectivity index (χ0) is 15.2. The lowest BCUT2D eigenvalue weighted by Crippen LogP contribution is -2.23. The highest BCUT2D eigenvalue weighted by Gasteiger charge is 2.11. The van der Waals surface area contributed by atoms with Crippen LogP contribution in [0, 0.1) is 0 Å². The topological polar surface area (TPSA) is 51.2 Å². The lowest BCUT2D eigenvalue weighted by Gasteiger charge is -2.11. The normalized spacial score (nSPS) is 10.5. The van der Waals surface area contributed by atoms with Crippen LogP contribution in [0.3, 0.4) is 0 Å². The zero-order valence-corrected chi connectivity index (χ0v) is 12.3. The van der Waals surface area contributed by atoms with Crippen LogP contribution < -0.4 is 10.1 Å². The van der Waals surface area contributed by atoms with Crippen molar-refractivity contribution >= 4 is 21.8 Å². The number of pyridine rings is 1. The second-order valence-corrected chi connectivity index (χ2v) is 4.85. The smallest absolute Gasteiger partial charge is 0.387 e. The average molecular weight is 357 g/mol. The number of hydrogen-bond acceptors (Lipinski definition) is 3. The van der Waals surface area contributed by atoms with Crippen molar-refractivity contribution in [3.63, 3.8) is 0 Å². The van der Waals surface area contributed by atoms with Crippen molar-refractivity contribution in [2.24, 2.45) is 0 Å². The monoisotopic (exact) mass is 356 g/mol. The van der Waals surface area contributed by atoms with E-state index in [1.807, 2.05) is 0 Å². The van der Waals surface area contributed by atoms with Crippen molar-refractivity contribution < 1.29 is 18.3 Å². The van der Waals surface area contributed by atoms with Gasteiger partial charge in [0.15, 0.2) is 0 Å². The number of carbonyl (C=O) groups excluding carboxylic acids is 1. The van der Waals surface area contributed by atoms with Crippen LogP contribution in [-0.2, 0) is 6.54 Å². The number of rotatable bonds is 5. The summed E-state index contributed by atoms with van der Waals surface area (Å²) < 4.78 is 29.6. The van der Waals surface area contributed by atoms with E-state index in [2.05, 4.69) is 31.0 Å². The molecule has 2 aromatic rings. The number of hydrogen-bond donors (Lipinski definition) is 1. The number of nitrogens with zero attached hydrogens (tertiary/aromatic N) is 1. The molecule has 1 heterocycles. The van der Waals surface area contributed by atoms with Gasteiger partial charge in [0.05, 0.1) is 5.56 Å². The van der Waals surface area contributed by atoms with E-state index in [1.54, 1.807) is 30.3 Å². The van der Waals surface area contributed by atoms with E-state index in [1.165, 1.54) is 12.3 Å². The van der Waals surface area contributed by atoms with E-state index in [0.29, 0.717) is 15.7 Å². The van der Waals surface area contributed by atoms with Crippen LogP contribution in [0.1, 0.15) is 15.9 Å². The molecule has 7 heteroatoms. The first-order valence-corrected chi connectivity index (χ1v) is 6.78. The van der Waals surface area contributed by atoms with E-state index in [4.69, 9.17) is 0 Å². The van der Waals surface area contributed by atoms with E-state index in [9.17, 15) is 13.6 Å². The molecule has 0 bridgehead atoms. The molecule has 0 spiro atoms. The highest BCUT2D eigenvalue weighted by Crippen LogP contribution is 2.20. The van der Waals surface area contributed by atoms with Crippen LogP contribution in [0.2, 0.25) is 0 Å². The number of ether oxygens (including phenoxy) is 1. The Hall–Kier alpha value is -2.02. The van der Waals surface area contributed by atoms with Gasteiger partial charge in [0.1, 0.15) is 10.4 Å². The molecule has 110 valence electrons. The third-order valence-electron chi connectivity index (χ3n) is 2.62. The standard InChI is InChI=1S/C14H11BrF2N2O2/c15-12-6-5-10(8-18-12)13(20)19-7-9-3-1-2-4-11(9)21-14(16)17/h1-6,8,14H,7H2,(H,19,20). The van der Waals surface area contributed by atoms with Gasteiger partial charge >= 0.3 is 6.61 Å². The van der Waals surface area contributed by atoms with Crippen LogP contribution in [0.5, 0.6) is 5.75 Å². The Kier molecular flexibility index (Phi) is 5.21. The number of amides is 1. The minimum atomic E-state index is -2.91. The van der Waals surface area contributed by atoms with Crippen molar-refractivity contribution in [1.29, 1.82) is 0 Å². The van der Waals surface area contributed by atoms with Crippen molar-refractivity contribution in [3.05, 3.63) is 58.3 Å². The Labute approximate surface area is 128 Å². The molecular formula is C14H11BrF2N2O2. The summed E-state index contributed by atoms with van der Waals surface area (Å²) in [6.07, 6.45) is 1.42. The summed E-state index contributed by atoms with van der Waals surface area (Å²) >= 11 is 3.17. The third kappa shape index (κ3) is 4.49. The first-order chi connectivity index (χ1) is 10.1. The predicted molar refractivity (Wildman–Crippen MR) is 76.2 cm³/mol. The molecule has 0 fully saturated rings. The number of halogens is 3. The summed E-state index contributed by atoms with van der Waals surface area (Å²) in [4.78, 5) is 15.9. The molecule has 1 aromatic heterocycles. The van der Waals surface area contributed by atoms with Gasteiger partial charge in [-0.25, -0.2) is 4.98 Å². The van der Waals surface area contributed by atoms with Gasteiger partial charge in [0, 0.05) is 18.3 Å². The van der Waals surface area contributed by atoms with Crippen molar-refractivity contribution in [3.8, 4) is 5.75 Å². The van der Waals surface area contributed by atoms with E-state index >= 15 is 0 Å². The minimum absolute atomic E-state index is 0.0433. The minimum Gasteiger partial charge on any atom is -0.434 e. The molecule has 0 saturated carbocycles. The van der Waals surface area contributed by atoms with Gasteiger partial charge in [-0.1, -0.05) is 18.2 Å². The Morgan fingerprint density at radius 3 is 2.71 bits per heavy atom. The van der Waals surface area contributed by atoms with E-state index < -0.39 is 6.61 Å².